The van der Waals surface area contributed by atoms with E-state index < -0.39 is 0 Å². The van der Waals surface area contributed by atoms with Crippen molar-refractivity contribution in [2.24, 2.45) is 23.5 Å². The van der Waals surface area contributed by atoms with Gasteiger partial charge in [-0.25, -0.2) is 0 Å². The lowest BCUT2D eigenvalue weighted by molar-refractivity contribution is -0.123. The number of hydrogen-bond donors (Lipinski definition) is 2. The molecule has 0 saturated heterocycles. The molecule has 0 aromatic rings. The van der Waals surface area contributed by atoms with Gasteiger partial charge in [-0.2, -0.15) is 11.8 Å². The number of halogens is 1. The van der Waals surface area contributed by atoms with E-state index in [0.29, 0.717) is 12.0 Å². The number of amides is 1. The zero-order valence-electron chi connectivity index (χ0n) is 11.9. The maximum Gasteiger partial charge on any atom is 0.237 e. The third-order valence-corrected chi connectivity index (χ3v) is 5.42. The van der Waals surface area contributed by atoms with Crippen molar-refractivity contribution in [3.8, 4) is 0 Å². The summed E-state index contributed by atoms with van der Waals surface area (Å²) in [5.74, 6) is 3.48. The maximum absolute atomic E-state index is 12.0. The Morgan fingerprint density at radius 3 is 2.68 bits per heavy atom. The molecule has 2 aliphatic rings. The minimum atomic E-state index is -0.335. The van der Waals surface area contributed by atoms with Crippen molar-refractivity contribution in [3.05, 3.63) is 0 Å². The Balaban J connectivity index is 0.00000180. The minimum absolute atomic E-state index is 0. The second kappa shape index (κ2) is 7.75. The van der Waals surface area contributed by atoms with Crippen LogP contribution in [0.4, 0.5) is 0 Å². The SMILES string of the molecule is CSCCC(N)C(=O)NC(C)C1CC2CCC1C2.Cl. The van der Waals surface area contributed by atoms with Crippen molar-refractivity contribution >= 4 is 30.1 Å². The summed E-state index contributed by atoms with van der Waals surface area (Å²) in [7, 11) is 0. The molecule has 5 heteroatoms. The van der Waals surface area contributed by atoms with Crippen LogP contribution in [0.2, 0.25) is 0 Å². The van der Waals surface area contributed by atoms with E-state index in [1.807, 2.05) is 6.26 Å². The first kappa shape index (κ1) is 17.1. The van der Waals surface area contributed by atoms with E-state index in [1.54, 1.807) is 11.8 Å². The summed E-state index contributed by atoms with van der Waals surface area (Å²) in [6.45, 7) is 2.16. The highest BCUT2D eigenvalue weighted by molar-refractivity contribution is 7.98. The molecule has 2 saturated carbocycles. The van der Waals surface area contributed by atoms with Crippen LogP contribution in [0.1, 0.15) is 39.0 Å². The lowest BCUT2D eigenvalue weighted by atomic mass is 9.84. The van der Waals surface area contributed by atoms with Gasteiger partial charge in [-0.1, -0.05) is 6.42 Å². The van der Waals surface area contributed by atoms with E-state index >= 15 is 0 Å². The van der Waals surface area contributed by atoms with Crippen molar-refractivity contribution in [2.45, 2.75) is 51.1 Å². The van der Waals surface area contributed by atoms with E-state index in [1.165, 1.54) is 25.7 Å². The highest BCUT2D eigenvalue weighted by atomic mass is 35.5. The molecule has 3 N–H and O–H groups in total. The van der Waals surface area contributed by atoms with Gasteiger partial charge in [0, 0.05) is 6.04 Å². The van der Waals surface area contributed by atoms with Crippen molar-refractivity contribution in [2.75, 3.05) is 12.0 Å². The molecule has 0 heterocycles. The number of rotatable bonds is 6. The van der Waals surface area contributed by atoms with Crippen LogP contribution in [0.3, 0.4) is 0 Å². The summed E-state index contributed by atoms with van der Waals surface area (Å²) >= 11 is 1.74. The highest BCUT2D eigenvalue weighted by Gasteiger charge is 2.42. The lowest BCUT2D eigenvalue weighted by Crippen LogP contribution is -2.47. The molecular weight excluding hydrogens is 280 g/mol. The highest BCUT2D eigenvalue weighted by Crippen LogP contribution is 2.49. The Morgan fingerprint density at radius 2 is 2.16 bits per heavy atom. The van der Waals surface area contributed by atoms with Crippen LogP contribution in [-0.4, -0.2) is 30.0 Å². The van der Waals surface area contributed by atoms with Gasteiger partial charge in [0.05, 0.1) is 6.04 Å². The molecule has 2 aliphatic carbocycles. The number of nitrogens with one attached hydrogen (secondary N) is 1. The molecule has 3 nitrogen and oxygen atoms in total. The van der Waals surface area contributed by atoms with Crippen molar-refractivity contribution in [1.82, 2.24) is 5.32 Å². The van der Waals surface area contributed by atoms with Gasteiger partial charge in [-0.05, 0) is 62.4 Å². The Labute approximate surface area is 127 Å². The molecule has 0 aromatic heterocycles. The summed E-state index contributed by atoms with van der Waals surface area (Å²) in [6, 6.07) is -0.0355. The molecule has 112 valence electrons. The van der Waals surface area contributed by atoms with E-state index in [4.69, 9.17) is 5.73 Å². The quantitative estimate of drug-likeness (QED) is 0.792. The van der Waals surface area contributed by atoms with Gasteiger partial charge in [0.1, 0.15) is 0 Å². The lowest BCUT2D eigenvalue weighted by Gasteiger charge is -2.29. The zero-order valence-corrected chi connectivity index (χ0v) is 13.6. The van der Waals surface area contributed by atoms with Gasteiger partial charge in [-0.15, -0.1) is 12.4 Å². The fourth-order valence-corrected chi connectivity index (χ4v) is 4.21. The average molecular weight is 307 g/mol. The largest absolute Gasteiger partial charge is 0.352 e. The maximum atomic E-state index is 12.0. The number of nitrogens with two attached hydrogens (primary N) is 1. The fraction of sp³-hybridized carbons (Fsp3) is 0.929. The first-order valence-electron chi connectivity index (χ1n) is 7.16. The molecule has 2 bridgehead atoms. The van der Waals surface area contributed by atoms with Crippen LogP contribution >= 0.6 is 24.2 Å². The van der Waals surface area contributed by atoms with Crippen LogP contribution in [-0.2, 0) is 4.79 Å². The predicted octanol–water partition coefficient (Wildman–Crippen LogP) is 2.43. The average Bonchev–Trinajstić information content (AvgIpc) is 2.97. The van der Waals surface area contributed by atoms with Gasteiger partial charge in [0.15, 0.2) is 0 Å². The minimum Gasteiger partial charge on any atom is -0.352 e. The predicted molar refractivity (Wildman–Crippen MR) is 84.8 cm³/mol. The summed E-state index contributed by atoms with van der Waals surface area (Å²) < 4.78 is 0. The molecule has 0 spiro atoms. The second-order valence-electron chi connectivity index (χ2n) is 6.02. The third-order valence-electron chi connectivity index (χ3n) is 4.77. The smallest absolute Gasteiger partial charge is 0.237 e. The molecule has 19 heavy (non-hydrogen) atoms. The molecule has 2 fully saturated rings. The van der Waals surface area contributed by atoms with E-state index in [0.717, 1.165) is 24.0 Å². The molecule has 1 amide bonds. The van der Waals surface area contributed by atoms with Crippen LogP contribution < -0.4 is 11.1 Å². The summed E-state index contributed by atoms with van der Waals surface area (Å²) in [5, 5.41) is 3.14. The third kappa shape index (κ3) is 4.27. The summed E-state index contributed by atoms with van der Waals surface area (Å²) in [4.78, 5) is 12.0. The molecule has 2 rings (SSSR count). The first-order chi connectivity index (χ1) is 8.61. The summed E-state index contributed by atoms with van der Waals surface area (Å²) in [5.41, 5.74) is 5.90. The normalized spacial score (nSPS) is 31.6. The van der Waals surface area contributed by atoms with Crippen molar-refractivity contribution < 1.29 is 4.79 Å². The van der Waals surface area contributed by atoms with Gasteiger partial charge < -0.3 is 11.1 Å². The monoisotopic (exact) mass is 306 g/mol. The van der Waals surface area contributed by atoms with Crippen LogP contribution in [0.25, 0.3) is 0 Å². The second-order valence-corrected chi connectivity index (χ2v) is 7.01. The van der Waals surface area contributed by atoms with Crippen LogP contribution in [0.15, 0.2) is 0 Å². The van der Waals surface area contributed by atoms with Crippen molar-refractivity contribution in [3.63, 3.8) is 0 Å². The van der Waals surface area contributed by atoms with Crippen molar-refractivity contribution in [1.29, 1.82) is 0 Å². The van der Waals surface area contributed by atoms with Gasteiger partial charge in [0.25, 0.3) is 0 Å². The van der Waals surface area contributed by atoms with E-state index in [2.05, 4.69) is 12.2 Å². The topological polar surface area (TPSA) is 55.1 Å². The van der Waals surface area contributed by atoms with Crippen LogP contribution in [0, 0.1) is 17.8 Å². The molecule has 0 aliphatic heterocycles. The number of carbonyl (C=O) groups excluding carboxylic acids is 1. The number of fused-ring (bicyclic) bond motifs is 2. The Hall–Kier alpha value is 0.0700. The van der Waals surface area contributed by atoms with E-state index in [-0.39, 0.29) is 24.4 Å². The number of thioether (sulfide) groups is 1. The first-order valence-corrected chi connectivity index (χ1v) is 8.56. The zero-order chi connectivity index (χ0) is 13.1. The Morgan fingerprint density at radius 1 is 1.42 bits per heavy atom. The van der Waals surface area contributed by atoms with Gasteiger partial charge >= 0.3 is 0 Å². The summed E-state index contributed by atoms with van der Waals surface area (Å²) in [6.07, 6.45) is 8.30. The molecule has 0 aromatic carbocycles. The molecular formula is C14H27ClN2OS. The number of carbonyl (C=O) groups is 1. The standard InChI is InChI=1S/C14H26N2OS.ClH/c1-9(12-8-10-3-4-11(12)7-10)16-14(17)13(15)5-6-18-2;/h9-13H,3-8,15H2,1-2H3,(H,16,17);1H. The molecule has 5 unspecified atom stereocenters. The van der Waals surface area contributed by atoms with Gasteiger partial charge in [0.2, 0.25) is 5.91 Å². The number of hydrogen-bond acceptors (Lipinski definition) is 3. The Kier molecular flexibility index (Phi) is 6.98. The van der Waals surface area contributed by atoms with Gasteiger partial charge in [-0.3, -0.25) is 4.79 Å². The van der Waals surface area contributed by atoms with E-state index in [9.17, 15) is 4.79 Å². The van der Waals surface area contributed by atoms with Crippen LogP contribution in [0.5, 0.6) is 0 Å². The fourth-order valence-electron chi connectivity index (χ4n) is 3.72. The Bertz CT molecular complexity index is 303. The molecule has 0 radical (unpaired) electrons. The molecule has 5 atom stereocenters.